The fraction of sp³-hybridized carbons (Fsp3) is 0.217. The first kappa shape index (κ1) is 24.3. The van der Waals surface area contributed by atoms with Gasteiger partial charge in [0.15, 0.2) is 0 Å². The van der Waals surface area contributed by atoms with Crippen molar-refractivity contribution in [3.63, 3.8) is 0 Å². The van der Waals surface area contributed by atoms with Crippen molar-refractivity contribution in [3.8, 4) is 5.75 Å². The monoisotopic (exact) mass is 490 g/mol. The highest BCUT2D eigenvalue weighted by Crippen LogP contribution is 2.31. The number of carbonyl (C=O) groups excluding carboxylic acids is 2. The number of hydrogen-bond donors (Lipinski definition) is 1. The van der Waals surface area contributed by atoms with Crippen LogP contribution in [0.2, 0.25) is 5.02 Å². The fourth-order valence-electron chi connectivity index (χ4n) is 3.41. The molecule has 0 fully saturated rings. The number of nitrogens with zero attached hydrogens (tertiary/aromatic N) is 1. The zero-order chi connectivity index (χ0) is 24.2. The summed E-state index contributed by atoms with van der Waals surface area (Å²) < 4.78 is 36.4. The molecule has 0 saturated heterocycles. The second-order valence-corrected chi connectivity index (χ2v) is 9.30. The zero-order valence-electron chi connectivity index (χ0n) is 18.3. The number of esters is 1. The SMILES string of the molecule is CCOC(=O)c1c(/C=C/C(=O)NCc2ccccc2OC)c2ccc(Cl)cc2n1S(C)(=O)=O. The molecule has 33 heavy (non-hydrogen) atoms. The van der Waals surface area contributed by atoms with E-state index in [1.165, 1.54) is 18.2 Å². The molecule has 1 aromatic heterocycles. The lowest BCUT2D eigenvalue weighted by Crippen LogP contribution is -2.21. The van der Waals surface area contributed by atoms with Gasteiger partial charge in [-0.2, -0.15) is 0 Å². The van der Waals surface area contributed by atoms with Crippen LogP contribution in [-0.2, 0) is 26.1 Å². The quantitative estimate of drug-likeness (QED) is 0.382. The lowest BCUT2D eigenvalue weighted by molar-refractivity contribution is -0.116. The Balaban J connectivity index is 2.02. The number of para-hydroxylation sites is 1. The van der Waals surface area contributed by atoms with Gasteiger partial charge in [-0.05, 0) is 31.2 Å². The highest BCUT2D eigenvalue weighted by atomic mass is 35.5. The molecule has 0 atom stereocenters. The molecule has 0 saturated carbocycles. The molecule has 0 bridgehead atoms. The van der Waals surface area contributed by atoms with E-state index in [9.17, 15) is 18.0 Å². The molecule has 0 aliphatic carbocycles. The summed E-state index contributed by atoms with van der Waals surface area (Å²) in [6, 6.07) is 11.9. The Morgan fingerprint density at radius 3 is 2.58 bits per heavy atom. The minimum atomic E-state index is -3.90. The summed E-state index contributed by atoms with van der Waals surface area (Å²) >= 11 is 6.08. The molecule has 174 valence electrons. The van der Waals surface area contributed by atoms with E-state index in [-0.39, 0.29) is 29.9 Å². The summed E-state index contributed by atoms with van der Waals surface area (Å²) in [4.78, 5) is 25.2. The third-order valence-corrected chi connectivity index (χ3v) is 6.05. The smallest absolute Gasteiger partial charge is 0.356 e. The van der Waals surface area contributed by atoms with Gasteiger partial charge in [-0.15, -0.1) is 0 Å². The summed E-state index contributed by atoms with van der Waals surface area (Å²) in [6.07, 6.45) is 3.60. The third kappa shape index (κ3) is 5.37. The van der Waals surface area contributed by atoms with E-state index in [0.717, 1.165) is 15.8 Å². The molecule has 0 radical (unpaired) electrons. The van der Waals surface area contributed by atoms with Crippen LogP contribution in [0, 0.1) is 0 Å². The summed E-state index contributed by atoms with van der Waals surface area (Å²) in [5.41, 5.74) is 1.03. The molecule has 2 aromatic carbocycles. The van der Waals surface area contributed by atoms with Crippen LogP contribution in [0.15, 0.2) is 48.5 Å². The van der Waals surface area contributed by atoms with Crippen molar-refractivity contribution in [2.24, 2.45) is 0 Å². The highest BCUT2D eigenvalue weighted by Gasteiger charge is 2.27. The van der Waals surface area contributed by atoms with E-state index in [4.69, 9.17) is 21.1 Å². The van der Waals surface area contributed by atoms with Gasteiger partial charge in [0.05, 0.1) is 25.5 Å². The molecular weight excluding hydrogens is 468 g/mol. The van der Waals surface area contributed by atoms with Gasteiger partial charge in [-0.3, -0.25) is 4.79 Å². The Morgan fingerprint density at radius 2 is 1.91 bits per heavy atom. The van der Waals surface area contributed by atoms with Gasteiger partial charge in [-0.1, -0.05) is 35.9 Å². The van der Waals surface area contributed by atoms with Crippen LogP contribution >= 0.6 is 11.6 Å². The molecule has 0 aliphatic heterocycles. The van der Waals surface area contributed by atoms with E-state index in [0.29, 0.717) is 16.2 Å². The maximum absolute atomic E-state index is 12.7. The average Bonchev–Trinajstić information content (AvgIpc) is 3.10. The average molecular weight is 491 g/mol. The van der Waals surface area contributed by atoms with Crippen LogP contribution < -0.4 is 10.1 Å². The molecule has 0 unspecified atom stereocenters. The van der Waals surface area contributed by atoms with Crippen molar-refractivity contribution in [3.05, 3.63) is 70.4 Å². The lowest BCUT2D eigenvalue weighted by atomic mass is 10.1. The number of nitrogens with one attached hydrogen (secondary N) is 1. The van der Waals surface area contributed by atoms with Crippen molar-refractivity contribution in [1.82, 2.24) is 9.29 Å². The number of methoxy groups -OCH3 is 1. The molecule has 1 amide bonds. The number of ether oxygens (including phenoxy) is 2. The Kier molecular flexibility index (Phi) is 7.45. The Bertz CT molecular complexity index is 1340. The largest absolute Gasteiger partial charge is 0.496 e. The Morgan fingerprint density at radius 1 is 1.18 bits per heavy atom. The summed E-state index contributed by atoms with van der Waals surface area (Å²) in [6.45, 7) is 1.88. The summed E-state index contributed by atoms with van der Waals surface area (Å²) in [5.74, 6) is -0.631. The molecule has 1 heterocycles. The first-order valence-corrected chi connectivity index (χ1v) is 12.2. The number of carbonyl (C=O) groups is 2. The van der Waals surface area contributed by atoms with Crippen molar-refractivity contribution >= 4 is 50.5 Å². The van der Waals surface area contributed by atoms with Crippen molar-refractivity contribution < 1.29 is 27.5 Å². The summed E-state index contributed by atoms with van der Waals surface area (Å²) in [7, 11) is -2.36. The number of fused-ring (bicyclic) bond motifs is 1. The van der Waals surface area contributed by atoms with E-state index < -0.39 is 21.9 Å². The van der Waals surface area contributed by atoms with Gasteiger partial charge in [0.2, 0.25) is 15.9 Å². The lowest BCUT2D eigenvalue weighted by Gasteiger charge is -2.09. The van der Waals surface area contributed by atoms with Crippen LogP contribution in [-0.4, -0.2) is 44.2 Å². The predicted octanol–water partition coefficient (Wildman–Crippen LogP) is 3.62. The first-order valence-electron chi connectivity index (χ1n) is 9.96. The molecular formula is C23H23ClN2O6S. The Labute approximate surface area is 196 Å². The molecule has 0 aliphatic rings. The minimum Gasteiger partial charge on any atom is -0.496 e. The standard InChI is InChI=1S/C23H23ClN2O6S/c1-4-32-23(28)22-18(17-10-9-16(24)13-19(17)26(22)33(3,29)30)11-12-21(27)25-14-15-7-5-6-8-20(15)31-2/h5-13H,4,14H2,1-3H3,(H,25,27)/b12-11+. The number of amides is 1. The normalized spacial score (nSPS) is 11.6. The van der Waals surface area contributed by atoms with Gasteiger partial charge >= 0.3 is 5.97 Å². The van der Waals surface area contributed by atoms with Crippen molar-refractivity contribution in [2.75, 3.05) is 20.0 Å². The number of rotatable bonds is 8. The molecule has 0 spiro atoms. The third-order valence-electron chi connectivity index (χ3n) is 4.77. The maximum Gasteiger partial charge on any atom is 0.356 e. The Hall–Kier alpha value is -3.30. The number of hydrogen-bond acceptors (Lipinski definition) is 6. The van der Waals surface area contributed by atoms with Gasteiger partial charge in [-0.25, -0.2) is 17.2 Å². The van der Waals surface area contributed by atoms with Crippen LogP contribution in [0.4, 0.5) is 0 Å². The van der Waals surface area contributed by atoms with E-state index in [1.54, 1.807) is 32.2 Å². The number of benzene rings is 2. The molecule has 8 nitrogen and oxygen atoms in total. The highest BCUT2D eigenvalue weighted by molar-refractivity contribution is 7.89. The van der Waals surface area contributed by atoms with E-state index in [1.807, 2.05) is 18.2 Å². The van der Waals surface area contributed by atoms with E-state index in [2.05, 4.69) is 5.32 Å². The van der Waals surface area contributed by atoms with Gasteiger partial charge < -0.3 is 14.8 Å². The maximum atomic E-state index is 12.7. The molecule has 10 heteroatoms. The van der Waals surface area contributed by atoms with E-state index >= 15 is 0 Å². The second kappa shape index (κ2) is 10.1. The molecule has 1 N–H and O–H groups in total. The second-order valence-electron chi connectivity index (χ2n) is 7.03. The van der Waals surface area contributed by atoms with Gasteiger partial charge in [0, 0.05) is 34.2 Å². The topological polar surface area (TPSA) is 104 Å². The minimum absolute atomic E-state index is 0.0490. The van der Waals surface area contributed by atoms with Crippen LogP contribution in [0.1, 0.15) is 28.5 Å². The fourth-order valence-corrected chi connectivity index (χ4v) is 4.59. The van der Waals surface area contributed by atoms with Crippen molar-refractivity contribution in [1.29, 1.82) is 0 Å². The van der Waals surface area contributed by atoms with Gasteiger partial charge in [0.1, 0.15) is 11.4 Å². The first-order chi connectivity index (χ1) is 15.7. The van der Waals surface area contributed by atoms with Crippen LogP contribution in [0.3, 0.4) is 0 Å². The van der Waals surface area contributed by atoms with Gasteiger partial charge in [0.25, 0.3) is 0 Å². The molecule has 3 aromatic rings. The summed E-state index contributed by atoms with van der Waals surface area (Å²) in [5, 5.41) is 3.47. The number of halogens is 1. The van der Waals surface area contributed by atoms with Crippen molar-refractivity contribution in [2.45, 2.75) is 13.5 Å². The van der Waals surface area contributed by atoms with Crippen LogP contribution in [0.5, 0.6) is 5.75 Å². The molecule has 3 rings (SSSR count). The zero-order valence-corrected chi connectivity index (χ0v) is 19.9. The predicted molar refractivity (Wildman–Crippen MR) is 127 cm³/mol. The van der Waals surface area contributed by atoms with Crippen LogP contribution in [0.25, 0.3) is 17.0 Å². The number of aromatic nitrogens is 1.